The van der Waals surface area contributed by atoms with Crippen molar-refractivity contribution < 1.29 is 0 Å². The van der Waals surface area contributed by atoms with Gasteiger partial charge >= 0.3 is 0 Å². The van der Waals surface area contributed by atoms with E-state index in [1.165, 1.54) is 30.4 Å². The predicted molar refractivity (Wildman–Crippen MR) is 61.8 cm³/mol. The SMILES string of the molecule is C.C=CC1=C(/C=C\C)CCCC1C. The van der Waals surface area contributed by atoms with Gasteiger partial charge in [0.25, 0.3) is 0 Å². The summed E-state index contributed by atoms with van der Waals surface area (Å²) >= 11 is 0. The monoisotopic (exact) mass is 178 g/mol. The van der Waals surface area contributed by atoms with E-state index >= 15 is 0 Å². The van der Waals surface area contributed by atoms with Crippen LogP contribution in [0.5, 0.6) is 0 Å². The Morgan fingerprint density at radius 1 is 1.46 bits per heavy atom. The fraction of sp³-hybridized carbons (Fsp3) is 0.538. The van der Waals surface area contributed by atoms with E-state index in [2.05, 4.69) is 32.6 Å². The molecule has 0 aliphatic heterocycles. The van der Waals surface area contributed by atoms with Crippen LogP contribution in [0.4, 0.5) is 0 Å². The lowest BCUT2D eigenvalue weighted by Gasteiger charge is -2.22. The van der Waals surface area contributed by atoms with Crippen LogP contribution in [0.15, 0.2) is 36.0 Å². The highest BCUT2D eigenvalue weighted by Crippen LogP contribution is 2.30. The van der Waals surface area contributed by atoms with Gasteiger partial charge in [-0.15, -0.1) is 0 Å². The van der Waals surface area contributed by atoms with Crippen molar-refractivity contribution in [2.24, 2.45) is 5.92 Å². The standard InChI is InChI=1S/C12H18.CH4/c1-4-7-11-9-6-8-10(3)12(11)5-2;/h4-5,7,10H,2,6,8-9H2,1,3H3;1H4/b7-4-;. The average Bonchev–Trinajstić information content (AvgIpc) is 2.05. The molecule has 0 fully saturated rings. The zero-order valence-corrected chi connectivity index (χ0v) is 8.14. The zero-order valence-electron chi connectivity index (χ0n) is 8.14. The summed E-state index contributed by atoms with van der Waals surface area (Å²) in [4.78, 5) is 0. The minimum atomic E-state index is 0. The Hall–Kier alpha value is -0.780. The maximum Gasteiger partial charge on any atom is -0.0188 e. The molecule has 0 heterocycles. The third-order valence-corrected chi connectivity index (χ3v) is 2.57. The van der Waals surface area contributed by atoms with Crippen LogP contribution in [0.1, 0.15) is 40.5 Å². The Morgan fingerprint density at radius 2 is 2.15 bits per heavy atom. The molecule has 0 heteroatoms. The van der Waals surface area contributed by atoms with Gasteiger partial charge in [-0.3, -0.25) is 0 Å². The van der Waals surface area contributed by atoms with Crippen LogP contribution >= 0.6 is 0 Å². The molecule has 0 nitrogen and oxygen atoms in total. The molecule has 1 aliphatic carbocycles. The molecule has 0 aromatic carbocycles. The smallest absolute Gasteiger partial charge is 0.0188 e. The summed E-state index contributed by atoms with van der Waals surface area (Å²) in [6.07, 6.45) is 10.3. The van der Waals surface area contributed by atoms with Crippen molar-refractivity contribution in [3.8, 4) is 0 Å². The van der Waals surface area contributed by atoms with Crippen molar-refractivity contribution in [3.63, 3.8) is 0 Å². The lowest BCUT2D eigenvalue weighted by atomic mass is 9.84. The van der Waals surface area contributed by atoms with Gasteiger partial charge in [0.2, 0.25) is 0 Å². The molecule has 0 spiro atoms. The highest BCUT2D eigenvalue weighted by molar-refractivity contribution is 5.35. The van der Waals surface area contributed by atoms with E-state index in [1.807, 2.05) is 6.08 Å². The fourth-order valence-electron chi connectivity index (χ4n) is 1.93. The molecule has 0 N–H and O–H groups in total. The summed E-state index contributed by atoms with van der Waals surface area (Å²) in [5.74, 6) is 0.711. The molecule has 13 heavy (non-hydrogen) atoms. The number of hydrogen-bond acceptors (Lipinski definition) is 0. The van der Waals surface area contributed by atoms with Gasteiger partial charge in [-0.25, -0.2) is 0 Å². The minimum absolute atomic E-state index is 0. The predicted octanol–water partition coefficient (Wildman–Crippen LogP) is 4.50. The molecule has 0 amide bonds. The van der Waals surface area contributed by atoms with Crippen LogP contribution in [0.2, 0.25) is 0 Å². The summed E-state index contributed by atoms with van der Waals surface area (Å²) < 4.78 is 0. The van der Waals surface area contributed by atoms with Gasteiger partial charge < -0.3 is 0 Å². The quantitative estimate of drug-likeness (QED) is 0.584. The highest BCUT2D eigenvalue weighted by Gasteiger charge is 2.14. The second kappa shape index (κ2) is 5.80. The average molecular weight is 178 g/mol. The van der Waals surface area contributed by atoms with Crippen LogP contribution in [0.3, 0.4) is 0 Å². The Balaban J connectivity index is 0.00000144. The van der Waals surface area contributed by atoms with Gasteiger partial charge in [-0.05, 0) is 43.3 Å². The maximum atomic E-state index is 3.88. The van der Waals surface area contributed by atoms with Crippen molar-refractivity contribution in [1.29, 1.82) is 0 Å². The van der Waals surface area contributed by atoms with Gasteiger partial charge in [0.1, 0.15) is 0 Å². The molecule has 0 aromatic rings. The van der Waals surface area contributed by atoms with E-state index in [9.17, 15) is 0 Å². The van der Waals surface area contributed by atoms with Crippen molar-refractivity contribution in [1.82, 2.24) is 0 Å². The van der Waals surface area contributed by atoms with Crippen molar-refractivity contribution >= 4 is 0 Å². The van der Waals surface area contributed by atoms with Gasteiger partial charge in [0.05, 0.1) is 0 Å². The van der Waals surface area contributed by atoms with Crippen LogP contribution in [-0.4, -0.2) is 0 Å². The van der Waals surface area contributed by atoms with Crippen molar-refractivity contribution in [2.45, 2.75) is 40.5 Å². The molecule has 1 atom stereocenters. The number of hydrogen-bond donors (Lipinski definition) is 0. The van der Waals surface area contributed by atoms with Gasteiger partial charge in [0, 0.05) is 0 Å². The first-order chi connectivity index (χ1) is 5.79. The second-order valence-electron chi connectivity index (χ2n) is 3.48. The summed E-state index contributed by atoms with van der Waals surface area (Å²) in [7, 11) is 0. The largest absolute Gasteiger partial charge is 0.0988 e. The maximum absolute atomic E-state index is 3.88. The minimum Gasteiger partial charge on any atom is -0.0988 e. The van der Waals surface area contributed by atoms with Crippen LogP contribution in [0.25, 0.3) is 0 Å². The van der Waals surface area contributed by atoms with Gasteiger partial charge in [-0.2, -0.15) is 0 Å². The Bertz CT molecular complexity index is 218. The lowest BCUT2D eigenvalue weighted by molar-refractivity contribution is 0.552. The zero-order chi connectivity index (χ0) is 8.97. The second-order valence-corrected chi connectivity index (χ2v) is 3.48. The fourth-order valence-corrected chi connectivity index (χ4v) is 1.93. The normalized spacial score (nSPS) is 23.1. The first kappa shape index (κ1) is 12.2. The first-order valence-corrected chi connectivity index (χ1v) is 4.77. The van der Waals surface area contributed by atoms with Crippen LogP contribution in [0, 0.1) is 5.92 Å². The Morgan fingerprint density at radius 3 is 2.69 bits per heavy atom. The Labute approximate surface area is 83.0 Å². The molecule has 0 saturated heterocycles. The van der Waals surface area contributed by atoms with Crippen molar-refractivity contribution in [3.05, 3.63) is 36.0 Å². The van der Waals surface area contributed by atoms with E-state index < -0.39 is 0 Å². The van der Waals surface area contributed by atoms with Gasteiger partial charge in [0.15, 0.2) is 0 Å². The number of rotatable bonds is 2. The van der Waals surface area contributed by atoms with Crippen LogP contribution < -0.4 is 0 Å². The summed E-state index contributed by atoms with van der Waals surface area (Å²) in [5.41, 5.74) is 2.95. The van der Waals surface area contributed by atoms with E-state index in [0.29, 0.717) is 5.92 Å². The molecule has 0 saturated carbocycles. The first-order valence-electron chi connectivity index (χ1n) is 4.77. The van der Waals surface area contributed by atoms with E-state index in [-0.39, 0.29) is 7.43 Å². The summed E-state index contributed by atoms with van der Waals surface area (Å²) in [6, 6.07) is 0. The van der Waals surface area contributed by atoms with E-state index in [0.717, 1.165) is 0 Å². The molecule has 0 bridgehead atoms. The molecule has 0 radical (unpaired) electrons. The van der Waals surface area contributed by atoms with E-state index in [1.54, 1.807) is 0 Å². The molecule has 1 rings (SSSR count). The number of allylic oxidation sites excluding steroid dienone is 5. The molecule has 1 unspecified atom stereocenters. The molecular weight excluding hydrogens is 156 g/mol. The molecule has 0 aromatic heterocycles. The molecular formula is C13H22. The lowest BCUT2D eigenvalue weighted by Crippen LogP contribution is -2.06. The molecule has 1 aliphatic rings. The summed E-state index contributed by atoms with van der Waals surface area (Å²) in [6.45, 7) is 8.24. The van der Waals surface area contributed by atoms with Crippen molar-refractivity contribution in [2.75, 3.05) is 0 Å². The van der Waals surface area contributed by atoms with Gasteiger partial charge in [-0.1, -0.05) is 39.2 Å². The summed E-state index contributed by atoms with van der Waals surface area (Å²) in [5, 5.41) is 0. The van der Waals surface area contributed by atoms with E-state index in [4.69, 9.17) is 0 Å². The third kappa shape index (κ3) is 2.87. The topological polar surface area (TPSA) is 0 Å². The third-order valence-electron chi connectivity index (χ3n) is 2.57. The molecule has 74 valence electrons. The van der Waals surface area contributed by atoms with Crippen LogP contribution in [-0.2, 0) is 0 Å². The highest BCUT2D eigenvalue weighted by atomic mass is 14.2. The Kier molecular flexibility index (Phi) is 5.45.